The summed E-state index contributed by atoms with van der Waals surface area (Å²) in [6.07, 6.45) is 1.94. The van der Waals surface area contributed by atoms with E-state index < -0.39 is 11.8 Å². The van der Waals surface area contributed by atoms with Crippen molar-refractivity contribution in [2.75, 3.05) is 13.1 Å². The summed E-state index contributed by atoms with van der Waals surface area (Å²) in [4.78, 5) is 26.5. The number of nitrogens with zero attached hydrogens (tertiary/aromatic N) is 1. The predicted molar refractivity (Wildman–Crippen MR) is 97.6 cm³/mol. The molecule has 1 unspecified atom stereocenters. The summed E-state index contributed by atoms with van der Waals surface area (Å²) in [5, 5.41) is 2.61. The second-order valence-corrected chi connectivity index (χ2v) is 7.14. The molecular weight excluding hydrogens is 350 g/mol. The zero-order valence-corrected chi connectivity index (χ0v) is 15.0. The molecule has 2 aliphatic rings. The predicted octanol–water partition coefficient (Wildman–Crippen LogP) is 3.55. The molecule has 140 valence electrons. The van der Waals surface area contributed by atoms with Gasteiger partial charge in [-0.2, -0.15) is 8.78 Å². The fourth-order valence-corrected chi connectivity index (χ4v) is 3.98. The van der Waals surface area contributed by atoms with Crippen LogP contribution in [-0.4, -0.2) is 35.8 Å². The van der Waals surface area contributed by atoms with Crippen LogP contribution in [0.25, 0.3) is 11.1 Å². The molecule has 4 nitrogen and oxygen atoms in total. The molecule has 1 aliphatic carbocycles. The molecule has 0 aromatic heterocycles. The van der Waals surface area contributed by atoms with E-state index in [-0.39, 0.29) is 35.2 Å². The molecule has 4 rings (SSSR count). The lowest BCUT2D eigenvalue weighted by molar-refractivity contribution is -0.130. The summed E-state index contributed by atoms with van der Waals surface area (Å²) in [7, 11) is 0. The van der Waals surface area contributed by atoms with E-state index in [1.165, 1.54) is 24.3 Å². The highest BCUT2D eigenvalue weighted by Crippen LogP contribution is 2.50. The number of halogens is 2. The van der Waals surface area contributed by atoms with Crippen LogP contribution in [0.15, 0.2) is 42.5 Å². The number of nitrogens with one attached hydrogen (secondary N) is 1. The molecule has 1 heterocycles. The van der Waals surface area contributed by atoms with Crippen molar-refractivity contribution in [1.82, 2.24) is 10.2 Å². The van der Waals surface area contributed by atoms with E-state index in [1.54, 1.807) is 23.1 Å². The summed E-state index contributed by atoms with van der Waals surface area (Å²) >= 11 is 0. The monoisotopic (exact) mass is 370 g/mol. The number of alkyl halides is 2. The zero-order valence-electron chi connectivity index (χ0n) is 15.0. The molecule has 1 N–H and O–H groups in total. The number of hydrogen-bond donors (Lipinski definition) is 1. The summed E-state index contributed by atoms with van der Waals surface area (Å²) in [6.45, 7) is 2.61. The maximum Gasteiger partial charge on any atom is 0.299 e. The Hall–Kier alpha value is -2.76. The first-order valence-corrected chi connectivity index (χ1v) is 9.09. The first kappa shape index (κ1) is 17.6. The molecule has 1 saturated heterocycles. The third-order valence-electron chi connectivity index (χ3n) is 5.45. The first-order valence-electron chi connectivity index (χ1n) is 9.09. The van der Waals surface area contributed by atoms with Crippen LogP contribution in [-0.2, 0) is 10.7 Å². The van der Waals surface area contributed by atoms with Crippen molar-refractivity contribution in [2.45, 2.75) is 31.7 Å². The van der Waals surface area contributed by atoms with Gasteiger partial charge >= 0.3 is 0 Å². The van der Waals surface area contributed by atoms with E-state index in [2.05, 4.69) is 5.32 Å². The van der Waals surface area contributed by atoms with Crippen molar-refractivity contribution in [2.24, 2.45) is 0 Å². The quantitative estimate of drug-likeness (QED) is 0.898. The lowest BCUT2D eigenvalue weighted by Crippen LogP contribution is -2.41. The van der Waals surface area contributed by atoms with Crippen LogP contribution in [0.2, 0.25) is 0 Å². The van der Waals surface area contributed by atoms with Crippen molar-refractivity contribution in [1.29, 1.82) is 0 Å². The molecule has 2 aromatic carbocycles. The van der Waals surface area contributed by atoms with Crippen LogP contribution in [0, 0.1) is 0 Å². The molecule has 0 spiro atoms. The molecule has 6 heteroatoms. The van der Waals surface area contributed by atoms with E-state index in [4.69, 9.17) is 0 Å². The van der Waals surface area contributed by atoms with Gasteiger partial charge in [0.1, 0.15) is 0 Å². The van der Waals surface area contributed by atoms with Crippen molar-refractivity contribution in [3.63, 3.8) is 0 Å². The van der Waals surface area contributed by atoms with E-state index in [0.717, 1.165) is 12.8 Å². The molecule has 2 amide bonds. The second kappa shape index (κ2) is 6.44. The molecule has 2 aromatic rings. The summed E-state index contributed by atoms with van der Waals surface area (Å²) in [5.41, 5.74) is 0.929. The highest BCUT2D eigenvalue weighted by Gasteiger charge is 2.44. The van der Waals surface area contributed by atoms with Crippen LogP contribution in [0.1, 0.15) is 41.3 Å². The Morgan fingerprint density at radius 1 is 1.15 bits per heavy atom. The average molecular weight is 370 g/mol. The lowest BCUT2D eigenvalue weighted by atomic mass is 10.0. The van der Waals surface area contributed by atoms with Gasteiger partial charge < -0.3 is 10.2 Å². The first-order chi connectivity index (χ1) is 12.9. The smallest absolute Gasteiger partial charge is 0.299 e. The highest BCUT2D eigenvalue weighted by atomic mass is 19.3. The van der Waals surface area contributed by atoms with E-state index in [9.17, 15) is 18.4 Å². The SMILES string of the molecule is CC1CCCN1C(=O)CNC(=O)c1ccc2c(c1)-c1ccccc1C2(F)F. The molecule has 0 bridgehead atoms. The maximum absolute atomic E-state index is 14.6. The van der Waals surface area contributed by atoms with Crippen LogP contribution >= 0.6 is 0 Å². The Labute approximate surface area is 156 Å². The van der Waals surface area contributed by atoms with Gasteiger partial charge in [-0.1, -0.05) is 30.3 Å². The van der Waals surface area contributed by atoms with Gasteiger partial charge in [-0.25, -0.2) is 0 Å². The Morgan fingerprint density at radius 2 is 1.89 bits per heavy atom. The molecule has 0 saturated carbocycles. The topological polar surface area (TPSA) is 49.4 Å². The summed E-state index contributed by atoms with van der Waals surface area (Å²) in [5.74, 6) is -3.62. The standard InChI is InChI=1S/C21H20F2N2O2/c1-13-5-4-10-25(13)19(26)12-24-20(27)14-8-9-18-16(11-14)15-6-2-3-7-17(15)21(18,22)23/h2-3,6-9,11,13H,4-5,10,12H2,1H3,(H,24,27). The molecule has 27 heavy (non-hydrogen) atoms. The summed E-state index contributed by atoms with van der Waals surface area (Å²) < 4.78 is 29.2. The van der Waals surface area contributed by atoms with Gasteiger partial charge in [-0.15, -0.1) is 0 Å². The maximum atomic E-state index is 14.6. The van der Waals surface area contributed by atoms with Gasteiger partial charge in [0.2, 0.25) is 5.91 Å². The van der Waals surface area contributed by atoms with Crippen molar-refractivity contribution in [3.8, 4) is 11.1 Å². The van der Waals surface area contributed by atoms with Crippen LogP contribution < -0.4 is 5.32 Å². The molecule has 1 fully saturated rings. The minimum atomic E-state index is -3.07. The third kappa shape index (κ3) is 2.89. The van der Waals surface area contributed by atoms with Gasteiger partial charge in [0.15, 0.2) is 0 Å². The number of amides is 2. The largest absolute Gasteiger partial charge is 0.343 e. The number of fused-ring (bicyclic) bond motifs is 3. The number of likely N-dealkylation sites (tertiary alicyclic amines) is 1. The Bertz CT molecular complexity index is 926. The highest BCUT2D eigenvalue weighted by molar-refractivity contribution is 5.98. The second-order valence-electron chi connectivity index (χ2n) is 7.14. The zero-order chi connectivity index (χ0) is 19.2. The third-order valence-corrected chi connectivity index (χ3v) is 5.45. The Morgan fingerprint density at radius 3 is 2.63 bits per heavy atom. The van der Waals surface area contributed by atoms with E-state index in [1.807, 2.05) is 6.92 Å². The minimum absolute atomic E-state index is 0.0456. The van der Waals surface area contributed by atoms with Gasteiger partial charge in [0, 0.05) is 29.3 Å². The number of benzene rings is 2. The minimum Gasteiger partial charge on any atom is -0.343 e. The number of carbonyl (C=O) groups excluding carboxylic acids is 2. The van der Waals surface area contributed by atoms with E-state index >= 15 is 0 Å². The molecule has 1 aliphatic heterocycles. The van der Waals surface area contributed by atoms with Crippen molar-refractivity contribution < 1.29 is 18.4 Å². The van der Waals surface area contributed by atoms with Crippen molar-refractivity contribution >= 4 is 11.8 Å². The normalized spacial score (nSPS) is 19.5. The van der Waals surface area contributed by atoms with Gasteiger partial charge in [-0.3, -0.25) is 9.59 Å². The molecule has 0 radical (unpaired) electrons. The van der Waals surface area contributed by atoms with Crippen LogP contribution in [0.4, 0.5) is 8.78 Å². The number of carbonyl (C=O) groups is 2. The Balaban J connectivity index is 1.53. The van der Waals surface area contributed by atoms with Gasteiger partial charge in [0.05, 0.1) is 6.54 Å². The fraction of sp³-hybridized carbons (Fsp3) is 0.333. The fourth-order valence-electron chi connectivity index (χ4n) is 3.98. The van der Waals surface area contributed by atoms with Crippen LogP contribution in [0.3, 0.4) is 0 Å². The van der Waals surface area contributed by atoms with Gasteiger partial charge in [0.25, 0.3) is 11.8 Å². The Kier molecular flexibility index (Phi) is 4.21. The van der Waals surface area contributed by atoms with Gasteiger partial charge in [-0.05, 0) is 43.0 Å². The molecular formula is C21H20F2N2O2. The van der Waals surface area contributed by atoms with E-state index in [0.29, 0.717) is 17.7 Å². The average Bonchev–Trinajstić information content (AvgIpc) is 3.19. The summed E-state index contributed by atoms with van der Waals surface area (Å²) in [6, 6.07) is 10.7. The van der Waals surface area contributed by atoms with Crippen LogP contribution in [0.5, 0.6) is 0 Å². The number of rotatable bonds is 3. The lowest BCUT2D eigenvalue weighted by Gasteiger charge is -2.21. The molecule has 1 atom stereocenters. The number of hydrogen-bond acceptors (Lipinski definition) is 2. The van der Waals surface area contributed by atoms with Crippen molar-refractivity contribution in [3.05, 3.63) is 59.2 Å².